The van der Waals surface area contributed by atoms with Crippen LogP contribution in [0.15, 0.2) is 36.8 Å². The van der Waals surface area contributed by atoms with Crippen molar-refractivity contribution in [2.45, 2.75) is 20.0 Å². The maximum atomic E-state index is 12.1. The molecule has 0 fully saturated rings. The third-order valence-corrected chi connectivity index (χ3v) is 3.32. The van der Waals surface area contributed by atoms with Gasteiger partial charge in [0.1, 0.15) is 12.1 Å². The Bertz CT molecular complexity index is 600. The molecule has 5 nitrogen and oxygen atoms in total. The Morgan fingerprint density at radius 1 is 1.30 bits per heavy atom. The van der Waals surface area contributed by atoms with Crippen LogP contribution in [0.3, 0.4) is 0 Å². The van der Waals surface area contributed by atoms with E-state index in [0.29, 0.717) is 18.8 Å². The number of fused-ring (bicyclic) bond motifs is 1. The van der Waals surface area contributed by atoms with E-state index in [1.807, 2.05) is 31.2 Å². The van der Waals surface area contributed by atoms with Gasteiger partial charge in [-0.1, -0.05) is 17.7 Å². The van der Waals surface area contributed by atoms with Gasteiger partial charge in [0.05, 0.1) is 12.2 Å². The van der Waals surface area contributed by atoms with Crippen LogP contribution in [0.2, 0.25) is 0 Å². The predicted octanol–water partition coefficient (Wildman–Crippen LogP) is 1.71. The van der Waals surface area contributed by atoms with Gasteiger partial charge in [-0.05, 0) is 19.1 Å². The molecule has 102 valence electrons. The Labute approximate surface area is 117 Å². The zero-order valence-corrected chi connectivity index (χ0v) is 11.2. The molecule has 1 aromatic heterocycles. The second-order valence-corrected chi connectivity index (χ2v) is 4.85. The van der Waals surface area contributed by atoms with Gasteiger partial charge in [0.2, 0.25) is 0 Å². The van der Waals surface area contributed by atoms with E-state index < -0.39 is 0 Å². The molecular formula is C15H15N3O2. The van der Waals surface area contributed by atoms with E-state index in [1.165, 1.54) is 6.33 Å². The van der Waals surface area contributed by atoms with E-state index in [2.05, 4.69) is 9.97 Å². The number of aromatic nitrogens is 2. The van der Waals surface area contributed by atoms with Crippen molar-refractivity contribution in [3.05, 3.63) is 53.6 Å². The standard InChI is InChI=1S/C15H15N3O2/c1-11-2-4-13(5-3-11)20-9-15(19)18-7-12-6-16-10-17-14(12)8-18/h2-6,10H,7-9H2,1H3. The smallest absolute Gasteiger partial charge is 0.261 e. The molecule has 5 heteroatoms. The molecule has 0 unspecified atom stereocenters. The molecule has 2 aromatic rings. The number of nitrogens with zero attached hydrogens (tertiary/aromatic N) is 3. The normalized spacial score (nSPS) is 13.2. The number of amides is 1. The van der Waals surface area contributed by atoms with E-state index >= 15 is 0 Å². The number of carbonyl (C=O) groups is 1. The monoisotopic (exact) mass is 269 g/mol. The van der Waals surface area contributed by atoms with Crippen molar-refractivity contribution in [1.29, 1.82) is 0 Å². The van der Waals surface area contributed by atoms with Crippen LogP contribution in [0.4, 0.5) is 0 Å². The first-order valence-electron chi connectivity index (χ1n) is 6.47. The molecule has 3 rings (SSSR count). The van der Waals surface area contributed by atoms with Crippen molar-refractivity contribution in [2.75, 3.05) is 6.61 Å². The third-order valence-electron chi connectivity index (χ3n) is 3.32. The molecule has 2 heterocycles. The first-order valence-corrected chi connectivity index (χ1v) is 6.47. The number of ether oxygens (including phenoxy) is 1. The van der Waals surface area contributed by atoms with Crippen molar-refractivity contribution >= 4 is 5.91 Å². The van der Waals surface area contributed by atoms with Gasteiger partial charge in [0, 0.05) is 18.3 Å². The number of hydrogen-bond acceptors (Lipinski definition) is 4. The largest absolute Gasteiger partial charge is 0.484 e. The number of carbonyl (C=O) groups excluding carboxylic acids is 1. The van der Waals surface area contributed by atoms with Crippen molar-refractivity contribution < 1.29 is 9.53 Å². The second kappa shape index (κ2) is 5.28. The van der Waals surface area contributed by atoms with Crippen molar-refractivity contribution in [2.24, 2.45) is 0 Å². The molecule has 1 aliphatic heterocycles. The molecule has 20 heavy (non-hydrogen) atoms. The van der Waals surface area contributed by atoms with Gasteiger partial charge in [0.25, 0.3) is 5.91 Å². The quantitative estimate of drug-likeness (QED) is 0.851. The fraction of sp³-hybridized carbons (Fsp3) is 0.267. The van der Waals surface area contributed by atoms with Crippen LogP contribution in [-0.2, 0) is 17.9 Å². The number of rotatable bonds is 3. The molecular weight excluding hydrogens is 254 g/mol. The lowest BCUT2D eigenvalue weighted by atomic mass is 10.2. The average molecular weight is 269 g/mol. The van der Waals surface area contributed by atoms with Crippen molar-refractivity contribution in [3.8, 4) is 5.75 Å². The summed E-state index contributed by atoms with van der Waals surface area (Å²) >= 11 is 0. The minimum absolute atomic E-state index is 0.0384. The van der Waals surface area contributed by atoms with Gasteiger partial charge in [-0.3, -0.25) is 4.79 Å². The minimum atomic E-state index is -0.0384. The van der Waals surface area contributed by atoms with Gasteiger partial charge in [-0.2, -0.15) is 0 Å². The average Bonchev–Trinajstić information content (AvgIpc) is 2.90. The maximum absolute atomic E-state index is 12.1. The van der Waals surface area contributed by atoms with Gasteiger partial charge < -0.3 is 9.64 Å². The molecule has 0 spiro atoms. The van der Waals surface area contributed by atoms with Gasteiger partial charge in [-0.15, -0.1) is 0 Å². The number of aryl methyl sites for hydroxylation is 1. The highest BCUT2D eigenvalue weighted by molar-refractivity contribution is 5.78. The molecule has 0 saturated heterocycles. The molecule has 0 aliphatic carbocycles. The Morgan fingerprint density at radius 2 is 2.10 bits per heavy atom. The molecule has 0 atom stereocenters. The lowest BCUT2D eigenvalue weighted by molar-refractivity contribution is -0.134. The Morgan fingerprint density at radius 3 is 2.85 bits per heavy atom. The summed E-state index contributed by atoms with van der Waals surface area (Å²) in [5, 5.41) is 0. The summed E-state index contributed by atoms with van der Waals surface area (Å²) in [6.07, 6.45) is 3.27. The Balaban J connectivity index is 1.57. The zero-order valence-electron chi connectivity index (χ0n) is 11.2. The zero-order chi connectivity index (χ0) is 13.9. The molecule has 0 N–H and O–H groups in total. The minimum Gasteiger partial charge on any atom is -0.484 e. The first kappa shape index (κ1) is 12.6. The van der Waals surface area contributed by atoms with E-state index in [0.717, 1.165) is 16.8 Å². The molecule has 1 aromatic carbocycles. The SMILES string of the molecule is Cc1ccc(OCC(=O)N2Cc3cncnc3C2)cc1. The summed E-state index contributed by atoms with van der Waals surface area (Å²) in [5.41, 5.74) is 3.09. The van der Waals surface area contributed by atoms with E-state index in [9.17, 15) is 4.79 Å². The topological polar surface area (TPSA) is 55.3 Å². The molecule has 1 aliphatic rings. The first-order chi connectivity index (χ1) is 9.72. The Hall–Kier alpha value is -2.43. The fourth-order valence-corrected chi connectivity index (χ4v) is 2.15. The molecule has 0 radical (unpaired) electrons. The van der Waals surface area contributed by atoms with Gasteiger partial charge in [-0.25, -0.2) is 9.97 Å². The highest BCUT2D eigenvalue weighted by Crippen LogP contribution is 2.19. The predicted molar refractivity (Wildman–Crippen MR) is 73.0 cm³/mol. The van der Waals surface area contributed by atoms with Gasteiger partial charge >= 0.3 is 0 Å². The highest BCUT2D eigenvalue weighted by atomic mass is 16.5. The number of benzene rings is 1. The van der Waals surface area contributed by atoms with E-state index in [-0.39, 0.29) is 12.5 Å². The summed E-state index contributed by atoms with van der Waals surface area (Å²) < 4.78 is 5.51. The van der Waals surface area contributed by atoms with Crippen molar-refractivity contribution in [3.63, 3.8) is 0 Å². The molecule has 0 bridgehead atoms. The van der Waals surface area contributed by atoms with Crippen LogP contribution in [0.25, 0.3) is 0 Å². The van der Waals surface area contributed by atoms with Crippen molar-refractivity contribution in [1.82, 2.24) is 14.9 Å². The summed E-state index contributed by atoms with van der Waals surface area (Å²) in [7, 11) is 0. The lowest BCUT2D eigenvalue weighted by Crippen LogP contribution is -2.30. The highest BCUT2D eigenvalue weighted by Gasteiger charge is 2.24. The summed E-state index contributed by atoms with van der Waals surface area (Å²) in [4.78, 5) is 22.0. The number of hydrogen-bond donors (Lipinski definition) is 0. The third kappa shape index (κ3) is 2.61. The summed E-state index contributed by atoms with van der Waals surface area (Å²) in [6, 6.07) is 7.65. The van der Waals surface area contributed by atoms with E-state index in [4.69, 9.17) is 4.74 Å². The Kier molecular flexibility index (Phi) is 3.33. The van der Waals surface area contributed by atoms with Gasteiger partial charge in [0.15, 0.2) is 6.61 Å². The van der Waals surface area contributed by atoms with Crippen LogP contribution < -0.4 is 4.74 Å². The fourth-order valence-electron chi connectivity index (χ4n) is 2.15. The van der Waals surface area contributed by atoms with Crippen LogP contribution in [-0.4, -0.2) is 27.4 Å². The molecule has 0 saturated carbocycles. The lowest BCUT2D eigenvalue weighted by Gasteiger charge is -2.15. The molecule has 1 amide bonds. The van der Waals surface area contributed by atoms with Crippen LogP contribution in [0.1, 0.15) is 16.8 Å². The summed E-state index contributed by atoms with van der Waals surface area (Å²) in [5.74, 6) is 0.670. The van der Waals surface area contributed by atoms with Crippen LogP contribution in [0.5, 0.6) is 5.75 Å². The second-order valence-electron chi connectivity index (χ2n) is 4.85. The van der Waals surface area contributed by atoms with Crippen LogP contribution >= 0.6 is 0 Å². The van der Waals surface area contributed by atoms with E-state index in [1.54, 1.807) is 11.1 Å². The summed E-state index contributed by atoms with van der Waals surface area (Å²) in [6.45, 7) is 3.15. The van der Waals surface area contributed by atoms with Crippen LogP contribution in [0, 0.1) is 6.92 Å². The maximum Gasteiger partial charge on any atom is 0.261 e.